The first-order valence-electron chi connectivity index (χ1n) is 7.49. The van der Waals surface area contributed by atoms with E-state index in [1.54, 1.807) is 7.11 Å². The zero-order valence-corrected chi connectivity index (χ0v) is 12.3. The SMILES string of the molecule is COCCOC[C@H]1CCN(C(=O)C2(C#N)CCCC2)C1. The molecule has 0 aromatic heterocycles. The predicted octanol–water partition coefficient (Wildman–Crippen LogP) is 1.58. The Bertz CT molecular complexity index is 372. The number of carbonyl (C=O) groups is 1. The molecule has 2 rings (SSSR count). The molecule has 0 radical (unpaired) electrons. The Morgan fingerprint density at radius 3 is 2.80 bits per heavy atom. The number of hydrogen-bond acceptors (Lipinski definition) is 4. The van der Waals surface area contributed by atoms with Gasteiger partial charge in [-0.3, -0.25) is 4.79 Å². The van der Waals surface area contributed by atoms with Crippen molar-refractivity contribution in [2.75, 3.05) is 40.0 Å². The van der Waals surface area contributed by atoms with Crippen LogP contribution in [0.25, 0.3) is 0 Å². The zero-order valence-electron chi connectivity index (χ0n) is 12.3. The van der Waals surface area contributed by atoms with Gasteiger partial charge in [0.2, 0.25) is 5.91 Å². The average molecular weight is 280 g/mol. The van der Waals surface area contributed by atoms with Crippen molar-refractivity contribution in [1.82, 2.24) is 4.90 Å². The van der Waals surface area contributed by atoms with Gasteiger partial charge in [-0.1, -0.05) is 12.8 Å². The molecule has 0 N–H and O–H groups in total. The highest BCUT2D eigenvalue weighted by Crippen LogP contribution is 2.40. The molecule has 1 amide bonds. The van der Waals surface area contributed by atoms with Crippen LogP contribution in [0, 0.1) is 22.7 Å². The third-order valence-corrected chi connectivity index (χ3v) is 4.44. The van der Waals surface area contributed by atoms with Crippen molar-refractivity contribution in [1.29, 1.82) is 5.26 Å². The Labute approximate surface area is 120 Å². The van der Waals surface area contributed by atoms with Crippen molar-refractivity contribution in [3.63, 3.8) is 0 Å². The molecule has 0 unspecified atom stereocenters. The predicted molar refractivity (Wildman–Crippen MR) is 73.9 cm³/mol. The summed E-state index contributed by atoms with van der Waals surface area (Å²) in [6.45, 7) is 3.37. The lowest BCUT2D eigenvalue weighted by atomic mass is 9.86. The Morgan fingerprint density at radius 1 is 1.40 bits per heavy atom. The van der Waals surface area contributed by atoms with Crippen LogP contribution in [-0.2, 0) is 14.3 Å². The van der Waals surface area contributed by atoms with Crippen LogP contribution in [0.5, 0.6) is 0 Å². The van der Waals surface area contributed by atoms with Gasteiger partial charge in [0.1, 0.15) is 5.41 Å². The minimum atomic E-state index is -0.730. The summed E-state index contributed by atoms with van der Waals surface area (Å²) in [5.41, 5.74) is -0.730. The summed E-state index contributed by atoms with van der Waals surface area (Å²) < 4.78 is 10.5. The number of nitrogens with zero attached hydrogens (tertiary/aromatic N) is 2. The topological polar surface area (TPSA) is 62.6 Å². The molecule has 1 heterocycles. The summed E-state index contributed by atoms with van der Waals surface area (Å²) in [6.07, 6.45) is 4.43. The maximum atomic E-state index is 12.6. The number of carbonyl (C=O) groups excluding carboxylic acids is 1. The number of nitriles is 1. The summed E-state index contributed by atoms with van der Waals surface area (Å²) in [5, 5.41) is 9.38. The molecule has 1 saturated heterocycles. The monoisotopic (exact) mass is 280 g/mol. The largest absolute Gasteiger partial charge is 0.382 e. The van der Waals surface area contributed by atoms with Crippen LogP contribution >= 0.6 is 0 Å². The number of amides is 1. The van der Waals surface area contributed by atoms with E-state index in [4.69, 9.17) is 9.47 Å². The number of likely N-dealkylation sites (tertiary alicyclic amines) is 1. The Kier molecular flexibility index (Phi) is 5.38. The molecule has 20 heavy (non-hydrogen) atoms. The van der Waals surface area contributed by atoms with Crippen molar-refractivity contribution in [2.45, 2.75) is 32.1 Å². The Morgan fingerprint density at radius 2 is 2.15 bits per heavy atom. The lowest BCUT2D eigenvalue weighted by Gasteiger charge is -2.26. The number of methoxy groups -OCH3 is 1. The lowest BCUT2D eigenvalue weighted by Crippen LogP contribution is -2.41. The lowest BCUT2D eigenvalue weighted by molar-refractivity contribution is -0.137. The minimum absolute atomic E-state index is 0.0527. The van der Waals surface area contributed by atoms with Gasteiger partial charge in [-0.2, -0.15) is 5.26 Å². The quantitative estimate of drug-likeness (QED) is 0.693. The molecular weight excluding hydrogens is 256 g/mol. The molecule has 112 valence electrons. The van der Waals surface area contributed by atoms with E-state index in [2.05, 4.69) is 6.07 Å². The van der Waals surface area contributed by atoms with E-state index >= 15 is 0 Å². The van der Waals surface area contributed by atoms with Gasteiger partial charge in [-0.25, -0.2) is 0 Å². The first-order valence-corrected chi connectivity index (χ1v) is 7.49. The van der Waals surface area contributed by atoms with Crippen molar-refractivity contribution < 1.29 is 14.3 Å². The van der Waals surface area contributed by atoms with E-state index in [1.807, 2.05) is 4.90 Å². The highest BCUT2D eigenvalue weighted by Gasteiger charge is 2.45. The van der Waals surface area contributed by atoms with Gasteiger partial charge in [0.15, 0.2) is 0 Å². The summed E-state index contributed by atoms with van der Waals surface area (Å²) in [7, 11) is 1.66. The Hall–Kier alpha value is -1.12. The van der Waals surface area contributed by atoms with Gasteiger partial charge in [-0.05, 0) is 19.3 Å². The molecule has 1 atom stereocenters. The molecule has 5 heteroatoms. The number of rotatable bonds is 6. The first kappa shape index (κ1) is 15.3. The molecule has 0 aromatic carbocycles. The van der Waals surface area contributed by atoms with Gasteiger partial charge in [0.05, 0.1) is 25.9 Å². The fourth-order valence-electron chi connectivity index (χ4n) is 3.20. The number of hydrogen-bond donors (Lipinski definition) is 0. The van der Waals surface area contributed by atoms with Gasteiger partial charge in [0, 0.05) is 26.1 Å². The second-order valence-corrected chi connectivity index (χ2v) is 5.87. The van der Waals surface area contributed by atoms with Crippen LogP contribution < -0.4 is 0 Å². The summed E-state index contributed by atoms with van der Waals surface area (Å²) in [6, 6.07) is 2.29. The van der Waals surface area contributed by atoms with Crippen LogP contribution in [0.2, 0.25) is 0 Å². The first-order chi connectivity index (χ1) is 9.72. The molecule has 5 nitrogen and oxygen atoms in total. The summed E-state index contributed by atoms with van der Waals surface area (Å²) in [5.74, 6) is 0.449. The van der Waals surface area contributed by atoms with Crippen LogP contribution in [0.3, 0.4) is 0 Å². The number of ether oxygens (including phenoxy) is 2. The van der Waals surface area contributed by atoms with E-state index in [9.17, 15) is 10.1 Å². The molecule has 2 fully saturated rings. The standard InChI is InChI=1S/C15H24N2O3/c1-19-8-9-20-11-13-4-7-17(10-13)14(18)15(12-16)5-2-3-6-15/h13H,2-11H2,1H3/t13-/m0/s1. The molecule has 1 saturated carbocycles. The smallest absolute Gasteiger partial charge is 0.243 e. The highest BCUT2D eigenvalue weighted by atomic mass is 16.5. The van der Waals surface area contributed by atoms with E-state index in [-0.39, 0.29) is 5.91 Å². The maximum absolute atomic E-state index is 12.6. The fraction of sp³-hybridized carbons (Fsp3) is 0.867. The third kappa shape index (κ3) is 3.31. The highest BCUT2D eigenvalue weighted by molar-refractivity contribution is 5.86. The van der Waals surface area contributed by atoms with Crippen LogP contribution in [0.4, 0.5) is 0 Å². The Balaban J connectivity index is 1.80. The molecular formula is C15H24N2O3. The molecule has 0 spiro atoms. The van der Waals surface area contributed by atoms with Gasteiger partial charge in [0.25, 0.3) is 0 Å². The van der Waals surface area contributed by atoms with Crippen molar-refractivity contribution in [3.05, 3.63) is 0 Å². The minimum Gasteiger partial charge on any atom is -0.382 e. The summed E-state index contributed by atoms with van der Waals surface area (Å²) in [4.78, 5) is 14.4. The molecule has 1 aliphatic carbocycles. The molecule has 0 bridgehead atoms. The van der Waals surface area contributed by atoms with E-state index in [0.29, 0.717) is 25.7 Å². The van der Waals surface area contributed by atoms with Crippen LogP contribution in [0.1, 0.15) is 32.1 Å². The van der Waals surface area contributed by atoms with Crippen LogP contribution in [-0.4, -0.2) is 50.8 Å². The van der Waals surface area contributed by atoms with Gasteiger partial charge < -0.3 is 14.4 Å². The molecule has 2 aliphatic rings. The fourth-order valence-corrected chi connectivity index (χ4v) is 3.20. The third-order valence-electron chi connectivity index (χ3n) is 4.44. The van der Waals surface area contributed by atoms with Crippen LogP contribution in [0.15, 0.2) is 0 Å². The van der Waals surface area contributed by atoms with Crippen molar-refractivity contribution >= 4 is 5.91 Å². The van der Waals surface area contributed by atoms with Crippen molar-refractivity contribution in [3.8, 4) is 6.07 Å². The zero-order chi connectivity index (χ0) is 14.4. The maximum Gasteiger partial charge on any atom is 0.243 e. The van der Waals surface area contributed by atoms with Crippen molar-refractivity contribution in [2.24, 2.45) is 11.3 Å². The van der Waals surface area contributed by atoms with E-state index < -0.39 is 5.41 Å². The second kappa shape index (κ2) is 7.05. The molecule has 0 aromatic rings. The average Bonchev–Trinajstić information content (AvgIpc) is 3.12. The van der Waals surface area contributed by atoms with E-state index in [1.165, 1.54) is 0 Å². The van der Waals surface area contributed by atoms with Gasteiger partial charge in [-0.15, -0.1) is 0 Å². The van der Waals surface area contributed by atoms with E-state index in [0.717, 1.165) is 45.2 Å². The summed E-state index contributed by atoms with van der Waals surface area (Å²) >= 11 is 0. The molecule has 1 aliphatic heterocycles. The normalized spacial score (nSPS) is 24.8. The second-order valence-electron chi connectivity index (χ2n) is 5.87. The van der Waals surface area contributed by atoms with Gasteiger partial charge >= 0.3 is 0 Å².